The third-order valence-electron chi connectivity index (χ3n) is 4.78. The van der Waals surface area contributed by atoms with Crippen molar-refractivity contribution in [1.29, 1.82) is 0 Å². The van der Waals surface area contributed by atoms with E-state index in [-0.39, 0.29) is 11.8 Å². The first-order valence-electron chi connectivity index (χ1n) is 8.53. The van der Waals surface area contributed by atoms with E-state index in [0.29, 0.717) is 5.69 Å². The fourth-order valence-corrected chi connectivity index (χ4v) is 3.20. The van der Waals surface area contributed by atoms with Crippen LogP contribution in [-0.2, 0) is 6.54 Å². The molecule has 0 saturated carbocycles. The van der Waals surface area contributed by atoms with Crippen molar-refractivity contribution in [3.05, 3.63) is 65.7 Å². The molecule has 2 N–H and O–H groups in total. The van der Waals surface area contributed by atoms with Gasteiger partial charge in [0.25, 0.3) is 0 Å². The molecule has 4 heteroatoms. The smallest absolute Gasteiger partial charge is 0.179 e. The highest BCUT2D eigenvalue weighted by atomic mass is 16.1. The van der Waals surface area contributed by atoms with Crippen LogP contribution in [-0.4, -0.2) is 47.8 Å². The van der Waals surface area contributed by atoms with E-state index >= 15 is 0 Å². The lowest BCUT2D eigenvalue weighted by atomic mass is 10.0. The van der Waals surface area contributed by atoms with Crippen molar-refractivity contribution in [2.75, 3.05) is 31.9 Å². The van der Waals surface area contributed by atoms with E-state index in [1.54, 1.807) is 12.1 Å². The van der Waals surface area contributed by atoms with Crippen molar-refractivity contribution in [2.45, 2.75) is 19.5 Å². The van der Waals surface area contributed by atoms with Gasteiger partial charge in [0.15, 0.2) is 5.78 Å². The molecule has 1 unspecified atom stereocenters. The molecule has 2 aromatic carbocycles. The van der Waals surface area contributed by atoms with Crippen LogP contribution in [0.5, 0.6) is 0 Å². The van der Waals surface area contributed by atoms with Gasteiger partial charge in [0.05, 0.1) is 6.04 Å². The van der Waals surface area contributed by atoms with Gasteiger partial charge in [-0.25, -0.2) is 0 Å². The maximum Gasteiger partial charge on any atom is 0.179 e. The Hall–Kier alpha value is -2.17. The normalized spacial score (nSPS) is 17.5. The Morgan fingerprint density at radius 1 is 1.00 bits per heavy atom. The van der Waals surface area contributed by atoms with Crippen LogP contribution in [0.3, 0.4) is 0 Å². The number of rotatable bonds is 5. The van der Waals surface area contributed by atoms with Gasteiger partial charge in [-0.05, 0) is 36.8 Å². The summed E-state index contributed by atoms with van der Waals surface area (Å²) in [5.74, 6) is 0.173. The van der Waals surface area contributed by atoms with Gasteiger partial charge >= 0.3 is 0 Å². The first-order chi connectivity index (χ1) is 11.6. The summed E-state index contributed by atoms with van der Waals surface area (Å²) in [6.45, 7) is 6.83. The van der Waals surface area contributed by atoms with E-state index in [1.165, 1.54) is 5.56 Å². The summed E-state index contributed by atoms with van der Waals surface area (Å²) in [5, 5.41) is 0. The first kappa shape index (κ1) is 16.7. The molecule has 0 amide bonds. The standard InChI is InChI=1S/C20H25N3O/c1-16(20(24)18-7-9-19(21)10-8-18)23-13-11-22(12-14-23)15-17-5-3-2-4-6-17/h2-10,16H,11-15,21H2,1H3. The number of carbonyl (C=O) groups excluding carboxylic acids is 1. The topological polar surface area (TPSA) is 49.6 Å². The van der Waals surface area contributed by atoms with Crippen molar-refractivity contribution in [1.82, 2.24) is 9.80 Å². The first-order valence-corrected chi connectivity index (χ1v) is 8.53. The number of benzene rings is 2. The fourth-order valence-electron chi connectivity index (χ4n) is 3.20. The Balaban J connectivity index is 1.54. The molecule has 0 spiro atoms. The fraction of sp³-hybridized carbons (Fsp3) is 0.350. The van der Waals surface area contributed by atoms with Crippen LogP contribution >= 0.6 is 0 Å². The van der Waals surface area contributed by atoms with Gasteiger partial charge in [-0.15, -0.1) is 0 Å². The number of anilines is 1. The Morgan fingerprint density at radius 2 is 1.62 bits per heavy atom. The molecule has 0 aromatic heterocycles. The molecular formula is C20H25N3O. The molecule has 4 nitrogen and oxygen atoms in total. The predicted octanol–water partition coefficient (Wildman–Crippen LogP) is 2.66. The zero-order chi connectivity index (χ0) is 16.9. The van der Waals surface area contributed by atoms with E-state index in [0.717, 1.165) is 38.3 Å². The maximum absolute atomic E-state index is 12.6. The molecule has 1 atom stereocenters. The van der Waals surface area contributed by atoms with Gasteiger partial charge in [-0.3, -0.25) is 14.6 Å². The van der Waals surface area contributed by atoms with Gasteiger partial charge in [-0.2, -0.15) is 0 Å². The molecule has 2 aromatic rings. The Labute approximate surface area is 143 Å². The molecule has 126 valence electrons. The van der Waals surface area contributed by atoms with E-state index in [9.17, 15) is 4.79 Å². The summed E-state index contributed by atoms with van der Waals surface area (Å²) in [6.07, 6.45) is 0. The van der Waals surface area contributed by atoms with Crippen LogP contribution < -0.4 is 5.73 Å². The molecule has 0 bridgehead atoms. The van der Waals surface area contributed by atoms with Crippen molar-refractivity contribution in [3.63, 3.8) is 0 Å². The van der Waals surface area contributed by atoms with E-state index in [4.69, 9.17) is 5.73 Å². The number of ketones is 1. The third kappa shape index (κ3) is 4.02. The quantitative estimate of drug-likeness (QED) is 0.679. The Bertz CT molecular complexity index is 661. The minimum absolute atomic E-state index is 0.0903. The predicted molar refractivity (Wildman–Crippen MR) is 97.9 cm³/mol. The Morgan fingerprint density at radius 3 is 2.25 bits per heavy atom. The van der Waals surface area contributed by atoms with Crippen LogP contribution in [0.4, 0.5) is 5.69 Å². The molecule has 3 rings (SSSR count). The molecule has 0 radical (unpaired) electrons. The second kappa shape index (κ2) is 7.60. The van der Waals surface area contributed by atoms with Crippen LogP contribution in [0.25, 0.3) is 0 Å². The number of piperazine rings is 1. The summed E-state index contributed by atoms with van der Waals surface area (Å²) >= 11 is 0. The number of nitrogens with two attached hydrogens (primary N) is 1. The molecule has 1 heterocycles. The maximum atomic E-state index is 12.6. The molecule has 1 fully saturated rings. The number of nitrogen functional groups attached to an aromatic ring is 1. The second-order valence-electron chi connectivity index (χ2n) is 6.46. The zero-order valence-electron chi connectivity index (χ0n) is 14.2. The number of hydrogen-bond acceptors (Lipinski definition) is 4. The van der Waals surface area contributed by atoms with Crippen molar-refractivity contribution >= 4 is 11.5 Å². The summed E-state index contributed by atoms with van der Waals surface area (Å²) in [6, 6.07) is 17.7. The monoisotopic (exact) mass is 323 g/mol. The zero-order valence-corrected chi connectivity index (χ0v) is 14.2. The number of nitrogens with zero attached hydrogens (tertiary/aromatic N) is 2. The summed E-state index contributed by atoms with van der Waals surface area (Å²) < 4.78 is 0. The third-order valence-corrected chi connectivity index (χ3v) is 4.78. The van der Waals surface area contributed by atoms with Gasteiger partial charge in [0.2, 0.25) is 0 Å². The average molecular weight is 323 g/mol. The summed E-state index contributed by atoms with van der Waals surface area (Å²) in [4.78, 5) is 17.4. The van der Waals surface area contributed by atoms with Crippen LogP contribution in [0.2, 0.25) is 0 Å². The van der Waals surface area contributed by atoms with Crippen LogP contribution in [0.1, 0.15) is 22.8 Å². The highest BCUT2D eigenvalue weighted by Crippen LogP contribution is 2.15. The molecule has 1 aliphatic rings. The number of hydrogen-bond donors (Lipinski definition) is 1. The highest BCUT2D eigenvalue weighted by molar-refractivity contribution is 6.00. The number of Topliss-reactive ketones (excluding diaryl/α,β-unsaturated/α-hetero) is 1. The summed E-state index contributed by atoms with van der Waals surface area (Å²) in [7, 11) is 0. The highest BCUT2D eigenvalue weighted by Gasteiger charge is 2.26. The van der Waals surface area contributed by atoms with Gasteiger partial charge in [0.1, 0.15) is 0 Å². The molecule has 1 saturated heterocycles. The molecular weight excluding hydrogens is 298 g/mol. The lowest BCUT2D eigenvalue weighted by Crippen LogP contribution is -2.51. The minimum atomic E-state index is -0.0903. The van der Waals surface area contributed by atoms with Gasteiger partial charge in [0, 0.05) is 44.0 Å². The summed E-state index contributed by atoms with van der Waals surface area (Å²) in [5.41, 5.74) is 8.47. The minimum Gasteiger partial charge on any atom is -0.399 e. The van der Waals surface area contributed by atoms with Crippen molar-refractivity contribution in [2.24, 2.45) is 0 Å². The van der Waals surface area contributed by atoms with E-state index in [2.05, 4.69) is 34.1 Å². The van der Waals surface area contributed by atoms with E-state index in [1.807, 2.05) is 25.1 Å². The lowest BCUT2D eigenvalue weighted by molar-refractivity contribution is 0.0687. The largest absolute Gasteiger partial charge is 0.399 e. The van der Waals surface area contributed by atoms with Crippen LogP contribution in [0, 0.1) is 0 Å². The molecule has 1 aliphatic heterocycles. The van der Waals surface area contributed by atoms with Gasteiger partial charge < -0.3 is 5.73 Å². The average Bonchev–Trinajstić information content (AvgIpc) is 2.63. The molecule has 0 aliphatic carbocycles. The van der Waals surface area contributed by atoms with Crippen LogP contribution in [0.15, 0.2) is 54.6 Å². The molecule has 24 heavy (non-hydrogen) atoms. The second-order valence-corrected chi connectivity index (χ2v) is 6.46. The Kier molecular flexibility index (Phi) is 5.28. The van der Waals surface area contributed by atoms with E-state index < -0.39 is 0 Å². The SMILES string of the molecule is CC(C(=O)c1ccc(N)cc1)N1CCN(Cc2ccccc2)CC1. The number of carbonyl (C=O) groups is 1. The van der Waals surface area contributed by atoms with Crippen molar-refractivity contribution in [3.8, 4) is 0 Å². The van der Waals surface area contributed by atoms with Crippen molar-refractivity contribution < 1.29 is 4.79 Å². The van der Waals surface area contributed by atoms with Gasteiger partial charge in [-0.1, -0.05) is 30.3 Å². The lowest BCUT2D eigenvalue weighted by Gasteiger charge is -2.37.